The van der Waals surface area contributed by atoms with Gasteiger partial charge in [-0.05, 0) is 13.3 Å². The summed E-state index contributed by atoms with van der Waals surface area (Å²) in [7, 11) is 0. The Hall–Kier alpha value is -0.610. The Balaban J connectivity index is 3.19. The zero-order chi connectivity index (χ0) is 10.1. The molecule has 0 saturated carbocycles. The Kier molecular flexibility index (Phi) is 7.63. The van der Waals surface area contributed by atoms with Gasteiger partial charge in [-0.25, -0.2) is 4.79 Å². The van der Waals surface area contributed by atoms with Gasteiger partial charge in [0.05, 0.1) is 12.7 Å². The molecule has 0 radical (unpaired) electrons. The molecule has 0 aliphatic heterocycles. The van der Waals surface area contributed by atoms with Crippen molar-refractivity contribution in [2.45, 2.75) is 32.8 Å². The lowest BCUT2D eigenvalue weighted by Crippen LogP contribution is -2.19. The van der Waals surface area contributed by atoms with Gasteiger partial charge >= 0.3 is 5.97 Å². The van der Waals surface area contributed by atoms with E-state index >= 15 is 0 Å². The molecule has 0 spiro atoms. The molecule has 1 atom stereocenters. The Morgan fingerprint density at radius 1 is 1.54 bits per heavy atom. The highest BCUT2D eigenvalue weighted by Gasteiger charge is 2.03. The number of ether oxygens (including phenoxy) is 2. The summed E-state index contributed by atoms with van der Waals surface area (Å²) in [6.07, 6.45) is 2.11. The predicted octanol–water partition coefficient (Wildman–Crippen LogP) is 1.29. The van der Waals surface area contributed by atoms with Gasteiger partial charge in [0.1, 0.15) is 6.61 Å². The van der Waals surface area contributed by atoms with Gasteiger partial charge in [-0.1, -0.05) is 13.3 Å². The van der Waals surface area contributed by atoms with Crippen LogP contribution in [0.4, 0.5) is 0 Å². The first kappa shape index (κ1) is 12.4. The number of hydrogen-bond acceptors (Lipinski definition) is 3. The van der Waals surface area contributed by atoms with E-state index in [1.807, 2.05) is 6.92 Å². The monoisotopic (exact) mass is 190 g/mol. The van der Waals surface area contributed by atoms with E-state index in [9.17, 15) is 4.79 Å². The molecule has 13 heavy (non-hydrogen) atoms. The number of hydrogen-bond donors (Lipinski definition) is 1. The van der Waals surface area contributed by atoms with Crippen molar-refractivity contribution in [1.29, 1.82) is 0 Å². The summed E-state index contributed by atoms with van der Waals surface area (Å²) in [6, 6.07) is 0. The highest BCUT2D eigenvalue weighted by molar-refractivity contribution is 5.67. The van der Waals surface area contributed by atoms with Gasteiger partial charge in [-0.15, -0.1) is 0 Å². The number of carboxylic acids is 1. The van der Waals surface area contributed by atoms with E-state index in [2.05, 4.69) is 6.92 Å². The van der Waals surface area contributed by atoms with Crippen LogP contribution in [0.25, 0.3) is 0 Å². The van der Waals surface area contributed by atoms with Crippen LogP contribution in [0.15, 0.2) is 0 Å². The fourth-order valence-electron chi connectivity index (χ4n) is 0.789. The maximum atomic E-state index is 10.1. The SMILES string of the molecule is CCCCOC(C)COCC(=O)O. The molecule has 0 bridgehead atoms. The molecule has 0 aliphatic carbocycles. The number of rotatable bonds is 8. The second kappa shape index (κ2) is 8.01. The minimum absolute atomic E-state index is 0.0223. The van der Waals surface area contributed by atoms with Crippen molar-refractivity contribution in [2.24, 2.45) is 0 Å². The lowest BCUT2D eigenvalue weighted by Gasteiger charge is -2.11. The Morgan fingerprint density at radius 3 is 2.77 bits per heavy atom. The third-order valence-corrected chi connectivity index (χ3v) is 1.48. The molecule has 0 heterocycles. The van der Waals surface area contributed by atoms with Gasteiger partial charge < -0.3 is 14.6 Å². The lowest BCUT2D eigenvalue weighted by atomic mass is 10.3. The number of carbonyl (C=O) groups is 1. The summed E-state index contributed by atoms with van der Waals surface area (Å²) in [4.78, 5) is 10.1. The van der Waals surface area contributed by atoms with Crippen molar-refractivity contribution in [3.05, 3.63) is 0 Å². The van der Waals surface area contributed by atoms with Crippen LogP contribution in [-0.4, -0.2) is 37.0 Å². The van der Waals surface area contributed by atoms with Crippen LogP contribution in [0.3, 0.4) is 0 Å². The molecule has 4 nitrogen and oxygen atoms in total. The van der Waals surface area contributed by atoms with Crippen LogP contribution >= 0.6 is 0 Å². The van der Waals surface area contributed by atoms with E-state index in [4.69, 9.17) is 14.6 Å². The first-order valence-corrected chi connectivity index (χ1v) is 4.58. The van der Waals surface area contributed by atoms with E-state index in [-0.39, 0.29) is 12.7 Å². The molecule has 0 amide bonds. The van der Waals surface area contributed by atoms with Crippen molar-refractivity contribution in [3.8, 4) is 0 Å². The average Bonchev–Trinajstić information content (AvgIpc) is 2.04. The van der Waals surface area contributed by atoms with Crippen molar-refractivity contribution >= 4 is 5.97 Å². The lowest BCUT2D eigenvalue weighted by molar-refractivity contribution is -0.143. The van der Waals surface area contributed by atoms with Gasteiger partial charge in [0, 0.05) is 6.61 Å². The first-order chi connectivity index (χ1) is 6.16. The summed E-state index contributed by atoms with van der Waals surface area (Å²) in [5, 5.41) is 8.27. The number of carboxylic acid groups (broad SMARTS) is 1. The molecule has 4 heteroatoms. The fourth-order valence-corrected chi connectivity index (χ4v) is 0.789. The largest absolute Gasteiger partial charge is 0.480 e. The van der Waals surface area contributed by atoms with Gasteiger partial charge in [0.25, 0.3) is 0 Å². The van der Waals surface area contributed by atoms with Crippen LogP contribution in [0.2, 0.25) is 0 Å². The fraction of sp³-hybridized carbons (Fsp3) is 0.889. The van der Waals surface area contributed by atoms with E-state index < -0.39 is 5.97 Å². The molecule has 78 valence electrons. The number of unbranched alkanes of at least 4 members (excludes halogenated alkanes) is 1. The van der Waals surface area contributed by atoms with Crippen LogP contribution < -0.4 is 0 Å². The second-order valence-electron chi connectivity index (χ2n) is 2.94. The zero-order valence-corrected chi connectivity index (χ0v) is 8.28. The summed E-state index contributed by atoms with van der Waals surface area (Å²) in [5.74, 6) is -0.944. The highest BCUT2D eigenvalue weighted by atomic mass is 16.5. The molecule has 0 rings (SSSR count). The van der Waals surface area contributed by atoms with Gasteiger partial charge in [0.15, 0.2) is 0 Å². The molecule has 0 aromatic carbocycles. The maximum absolute atomic E-state index is 10.1. The van der Waals surface area contributed by atoms with Crippen molar-refractivity contribution in [2.75, 3.05) is 19.8 Å². The van der Waals surface area contributed by atoms with E-state index in [0.717, 1.165) is 12.8 Å². The molecular formula is C9H18O4. The molecule has 0 aromatic heterocycles. The molecule has 1 N–H and O–H groups in total. The summed E-state index contributed by atoms with van der Waals surface area (Å²) in [5.41, 5.74) is 0. The standard InChI is InChI=1S/C9H18O4/c1-3-4-5-13-8(2)6-12-7-9(10)11/h8H,3-7H2,1-2H3,(H,10,11). The molecule has 0 aromatic rings. The first-order valence-electron chi connectivity index (χ1n) is 4.58. The summed E-state index contributed by atoms with van der Waals surface area (Å²) < 4.78 is 10.2. The van der Waals surface area contributed by atoms with Crippen LogP contribution in [0.5, 0.6) is 0 Å². The highest BCUT2D eigenvalue weighted by Crippen LogP contribution is 1.95. The predicted molar refractivity (Wildman–Crippen MR) is 48.8 cm³/mol. The molecule has 0 aliphatic rings. The molecule has 0 fully saturated rings. The van der Waals surface area contributed by atoms with E-state index in [0.29, 0.717) is 13.2 Å². The van der Waals surface area contributed by atoms with Crippen molar-refractivity contribution in [3.63, 3.8) is 0 Å². The topological polar surface area (TPSA) is 55.8 Å². The van der Waals surface area contributed by atoms with E-state index in [1.54, 1.807) is 0 Å². The third kappa shape index (κ3) is 9.30. The molecule has 0 saturated heterocycles. The van der Waals surface area contributed by atoms with Crippen LogP contribution in [0, 0.1) is 0 Å². The Bertz CT molecular complexity index is 136. The maximum Gasteiger partial charge on any atom is 0.329 e. The van der Waals surface area contributed by atoms with Gasteiger partial charge in [0.2, 0.25) is 0 Å². The van der Waals surface area contributed by atoms with Crippen LogP contribution in [0.1, 0.15) is 26.7 Å². The zero-order valence-electron chi connectivity index (χ0n) is 8.28. The van der Waals surface area contributed by atoms with Gasteiger partial charge in [-0.2, -0.15) is 0 Å². The molecule has 1 unspecified atom stereocenters. The number of aliphatic carboxylic acids is 1. The van der Waals surface area contributed by atoms with Crippen molar-refractivity contribution in [1.82, 2.24) is 0 Å². The van der Waals surface area contributed by atoms with Crippen molar-refractivity contribution < 1.29 is 19.4 Å². The minimum atomic E-state index is -0.944. The Morgan fingerprint density at radius 2 is 2.23 bits per heavy atom. The summed E-state index contributed by atoms with van der Waals surface area (Å²) >= 11 is 0. The van der Waals surface area contributed by atoms with Crippen LogP contribution in [-0.2, 0) is 14.3 Å². The third-order valence-electron chi connectivity index (χ3n) is 1.48. The second-order valence-corrected chi connectivity index (χ2v) is 2.94. The minimum Gasteiger partial charge on any atom is -0.480 e. The summed E-state index contributed by atoms with van der Waals surface area (Å²) in [6.45, 7) is 4.78. The van der Waals surface area contributed by atoms with Gasteiger partial charge in [-0.3, -0.25) is 0 Å². The Labute approximate surface area is 78.8 Å². The smallest absolute Gasteiger partial charge is 0.329 e. The quantitative estimate of drug-likeness (QED) is 0.586. The normalized spacial score (nSPS) is 12.8. The average molecular weight is 190 g/mol. The van der Waals surface area contributed by atoms with E-state index in [1.165, 1.54) is 0 Å². The molecular weight excluding hydrogens is 172 g/mol.